The van der Waals surface area contributed by atoms with E-state index in [0.29, 0.717) is 0 Å². The first kappa shape index (κ1) is 19.2. The number of ether oxygens (including phenoxy) is 2. The average molecular weight is 381 g/mol. The van der Waals surface area contributed by atoms with Crippen molar-refractivity contribution in [1.82, 2.24) is 0 Å². The van der Waals surface area contributed by atoms with Gasteiger partial charge in [0.05, 0.1) is 26.0 Å². The first-order valence-electron chi connectivity index (χ1n) is 7.06. The number of hydrogen-bond donors (Lipinski definition) is 3. The Morgan fingerprint density at radius 3 is 2.27 bits per heavy atom. The van der Waals surface area contributed by atoms with E-state index in [0.717, 1.165) is 26.4 Å². The van der Waals surface area contributed by atoms with Gasteiger partial charge in [-0.15, -0.1) is 0 Å². The first-order chi connectivity index (χ1) is 12.2. The second-order valence-electron chi connectivity index (χ2n) is 4.99. The monoisotopic (exact) mass is 381 g/mol. The van der Waals surface area contributed by atoms with Crippen molar-refractivity contribution >= 4 is 38.5 Å². The summed E-state index contributed by atoms with van der Waals surface area (Å²) in [4.78, 5) is 22.8. The number of phenols is 1. The second kappa shape index (κ2) is 7.42. The number of esters is 2. The molecule has 0 amide bonds. The standard InChI is InChI=1S/C16H15NO8S/c1-24-14(19)7-11(16(20)25-2)17-15-10-6-4-3-5-9(10)13(8-12(15)18)26(21,22)23/h3-8,17-18H,1-2H3,(H,21,22,23)/b11-7+. The Bertz CT molecular complexity index is 1010. The van der Waals surface area contributed by atoms with Gasteiger partial charge >= 0.3 is 11.9 Å². The molecule has 0 atom stereocenters. The zero-order valence-corrected chi connectivity index (χ0v) is 14.5. The predicted molar refractivity (Wildman–Crippen MR) is 91.2 cm³/mol. The van der Waals surface area contributed by atoms with Crippen LogP contribution in [0, 0.1) is 0 Å². The second-order valence-corrected chi connectivity index (χ2v) is 6.38. The molecular weight excluding hydrogens is 366 g/mol. The van der Waals surface area contributed by atoms with Crippen molar-refractivity contribution in [3.05, 3.63) is 42.1 Å². The molecule has 0 saturated carbocycles. The Labute approximate surface area is 148 Å². The van der Waals surface area contributed by atoms with Crippen molar-refractivity contribution in [3.63, 3.8) is 0 Å². The largest absolute Gasteiger partial charge is 0.506 e. The Morgan fingerprint density at radius 1 is 1.12 bits per heavy atom. The fraction of sp³-hybridized carbons (Fsp3) is 0.125. The van der Waals surface area contributed by atoms with Gasteiger partial charge in [0, 0.05) is 16.8 Å². The number of phenolic OH excluding ortho intramolecular Hbond substituents is 1. The van der Waals surface area contributed by atoms with Crippen molar-refractivity contribution in [2.45, 2.75) is 4.90 Å². The number of benzene rings is 2. The molecule has 0 aromatic heterocycles. The number of anilines is 1. The number of nitrogens with one attached hydrogen (secondary N) is 1. The lowest BCUT2D eigenvalue weighted by atomic mass is 10.1. The van der Waals surface area contributed by atoms with Crippen molar-refractivity contribution in [1.29, 1.82) is 0 Å². The molecule has 0 spiro atoms. The van der Waals surface area contributed by atoms with E-state index in [2.05, 4.69) is 14.8 Å². The van der Waals surface area contributed by atoms with Gasteiger partial charge < -0.3 is 19.9 Å². The Kier molecular flexibility index (Phi) is 5.48. The molecule has 0 saturated heterocycles. The van der Waals surface area contributed by atoms with Gasteiger partial charge in [-0.05, 0) is 0 Å². The van der Waals surface area contributed by atoms with E-state index in [1.54, 1.807) is 6.07 Å². The summed E-state index contributed by atoms with van der Waals surface area (Å²) in [7, 11) is -2.40. The number of rotatable bonds is 5. The number of fused-ring (bicyclic) bond motifs is 1. The van der Waals surface area contributed by atoms with Gasteiger partial charge in [0.1, 0.15) is 16.3 Å². The van der Waals surface area contributed by atoms with E-state index < -0.39 is 32.7 Å². The maximum absolute atomic E-state index is 11.9. The lowest BCUT2D eigenvalue weighted by Crippen LogP contribution is -2.16. The molecule has 10 heteroatoms. The molecule has 2 rings (SSSR count). The zero-order chi connectivity index (χ0) is 19.5. The van der Waals surface area contributed by atoms with E-state index in [4.69, 9.17) is 0 Å². The minimum Gasteiger partial charge on any atom is -0.506 e. The Balaban J connectivity index is 2.70. The molecular formula is C16H15NO8S. The molecule has 0 unspecified atom stereocenters. The van der Waals surface area contributed by atoms with E-state index in [1.165, 1.54) is 18.2 Å². The smallest absolute Gasteiger partial charge is 0.354 e. The van der Waals surface area contributed by atoms with Crippen molar-refractivity contribution < 1.29 is 37.1 Å². The maximum atomic E-state index is 11.9. The van der Waals surface area contributed by atoms with Gasteiger partial charge in [0.25, 0.3) is 10.1 Å². The number of methoxy groups -OCH3 is 2. The van der Waals surface area contributed by atoms with Gasteiger partial charge in [-0.2, -0.15) is 8.42 Å². The average Bonchev–Trinajstić information content (AvgIpc) is 2.60. The van der Waals surface area contributed by atoms with Crippen LogP contribution in [0.15, 0.2) is 47.0 Å². The molecule has 138 valence electrons. The van der Waals surface area contributed by atoms with Crippen LogP contribution in [-0.4, -0.2) is 44.2 Å². The van der Waals surface area contributed by atoms with Crippen LogP contribution in [0.1, 0.15) is 0 Å². The normalized spacial score (nSPS) is 11.9. The summed E-state index contributed by atoms with van der Waals surface area (Å²) in [6.45, 7) is 0. The van der Waals surface area contributed by atoms with E-state index in [-0.39, 0.29) is 22.2 Å². The summed E-state index contributed by atoms with van der Waals surface area (Å²) >= 11 is 0. The lowest BCUT2D eigenvalue weighted by molar-refractivity contribution is -0.138. The topological polar surface area (TPSA) is 139 Å². The van der Waals surface area contributed by atoms with Crippen molar-refractivity contribution in [2.75, 3.05) is 19.5 Å². The van der Waals surface area contributed by atoms with Gasteiger partial charge in [0.2, 0.25) is 0 Å². The van der Waals surface area contributed by atoms with Gasteiger partial charge in [-0.3, -0.25) is 4.55 Å². The fourth-order valence-corrected chi connectivity index (χ4v) is 2.96. The predicted octanol–water partition coefficient (Wildman–Crippen LogP) is 1.43. The summed E-state index contributed by atoms with van der Waals surface area (Å²) in [5.74, 6) is -2.34. The van der Waals surface area contributed by atoms with E-state index >= 15 is 0 Å². The van der Waals surface area contributed by atoms with Crippen LogP contribution in [0.4, 0.5) is 5.69 Å². The summed E-state index contributed by atoms with van der Waals surface area (Å²) in [6.07, 6.45) is 0.816. The highest BCUT2D eigenvalue weighted by Gasteiger charge is 2.21. The van der Waals surface area contributed by atoms with Crippen LogP contribution in [-0.2, 0) is 29.2 Å². The highest BCUT2D eigenvalue weighted by molar-refractivity contribution is 7.86. The number of carbonyl (C=O) groups is 2. The lowest BCUT2D eigenvalue weighted by Gasteiger charge is -2.15. The van der Waals surface area contributed by atoms with Gasteiger partial charge in [0.15, 0.2) is 0 Å². The molecule has 9 nitrogen and oxygen atoms in total. The molecule has 0 aliphatic rings. The van der Waals surface area contributed by atoms with Crippen molar-refractivity contribution in [3.8, 4) is 5.75 Å². The summed E-state index contributed by atoms with van der Waals surface area (Å²) in [5, 5.41) is 13.0. The van der Waals surface area contributed by atoms with E-state index in [1.807, 2.05) is 0 Å². The molecule has 3 N–H and O–H groups in total. The molecule has 0 fully saturated rings. The minimum absolute atomic E-state index is 0.0615. The van der Waals surface area contributed by atoms with Crippen LogP contribution < -0.4 is 5.32 Å². The maximum Gasteiger partial charge on any atom is 0.354 e. The van der Waals surface area contributed by atoms with Gasteiger partial charge in [-0.1, -0.05) is 24.3 Å². The third-order valence-corrected chi connectivity index (χ3v) is 4.29. The van der Waals surface area contributed by atoms with Crippen LogP contribution in [0.2, 0.25) is 0 Å². The summed E-state index contributed by atoms with van der Waals surface area (Å²) in [6, 6.07) is 6.78. The first-order valence-corrected chi connectivity index (χ1v) is 8.50. The third-order valence-electron chi connectivity index (χ3n) is 3.39. The van der Waals surface area contributed by atoms with Crippen LogP contribution in [0.5, 0.6) is 5.75 Å². The zero-order valence-electron chi connectivity index (χ0n) is 13.7. The molecule has 26 heavy (non-hydrogen) atoms. The number of hydrogen-bond acceptors (Lipinski definition) is 8. The molecule has 2 aromatic carbocycles. The number of carbonyl (C=O) groups excluding carboxylic acids is 2. The third kappa shape index (κ3) is 3.92. The minimum atomic E-state index is -4.61. The summed E-state index contributed by atoms with van der Waals surface area (Å²) in [5.41, 5.74) is -0.409. The molecule has 2 aromatic rings. The highest BCUT2D eigenvalue weighted by atomic mass is 32.2. The molecule has 0 radical (unpaired) electrons. The fourth-order valence-electron chi connectivity index (χ4n) is 2.24. The van der Waals surface area contributed by atoms with Crippen LogP contribution >= 0.6 is 0 Å². The van der Waals surface area contributed by atoms with Crippen molar-refractivity contribution in [2.24, 2.45) is 0 Å². The molecule has 0 bridgehead atoms. The molecule has 0 aliphatic heterocycles. The SMILES string of the molecule is COC(=O)/C=C(/Nc1c(O)cc(S(=O)(=O)O)c2ccccc12)C(=O)OC. The van der Waals surface area contributed by atoms with Crippen LogP contribution in [0.25, 0.3) is 10.8 Å². The molecule has 0 aliphatic carbocycles. The Hall–Kier alpha value is -3.11. The summed E-state index contributed by atoms with van der Waals surface area (Å²) < 4.78 is 41.5. The number of aromatic hydroxyl groups is 1. The Morgan fingerprint density at radius 2 is 1.73 bits per heavy atom. The van der Waals surface area contributed by atoms with Crippen LogP contribution in [0.3, 0.4) is 0 Å². The molecule has 0 heterocycles. The highest BCUT2D eigenvalue weighted by Crippen LogP contribution is 2.37. The van der Waals surface area contributed by atoms with Gasteiger partial charge in [-0.25, -0.2) is 9.59 Å². The van der Waals surface area contributed by atoms with E-state index in [9.17, 15) is 27.7 Å². The quantitative estimate of drug-likeness (QED) is 0.304.